The van der Waals surface area contributed by atoms with Crippen LogP contribution in [0.5, 0.6) is 0 Å². The molecule has 0 spiro atoms. The summed E-state index contributed by atoms with van der Waals surface area (Å²) < 4.78 is 46.2. The number of ether oxygens (including phenoxy) is 1. The third kappa shape index (κ3) is 1.64. The molecule has 102 valence electrons. The topological polar surface area (TPSA) is 73.6 Å². The molecule has 1 heterocycles. The highest BCUT2D eigenvalue weighted by atomic mass is 19.3. The summed E-state index contributed by atoms with van der Waals surface area (Å²) in [7, 11) is 0. The summed E-state index contributed by atoms with van der Waals surface area (Å²) in [5.41, 5.74) is 8.98. The van der Waals surface area contributed by atoms with Gasteiger partial charge in [-0.15, -0.1) is 0 Å². The van der Waals surface area contributed by atoms with Crippen molar-refractivity contribution in [3.05, 3.63) is 29.6 Å². The number of alkyl halides is 2. The lowest BCUT2D eigenvalue weighted by Crippen LogP contribution is -2.43. The van der Waals surface area contributed by atoms with Gasteiger partial charge in [-0.2, -0.15) is 0 Å². The summed E-state index contributed by atoms with van der Waals surface area (Å²) >= 11 is 0. The van der Waals surface area contributed by atoms with Gasteiger partial charge in [0, 0.05) is 17.2 Å². The van der Waals surface area contributed by atoms with Crippen LogP contribution in [0, 0.1) is 11.7 Å². The average Bonchev–Trinajstić information content (AvgIpc) is 3.10. The molecule has 1 aliphatic heterocycles. The van der Waals surface area contributed by atoms with Crippen LogP contribution in [0.3, 0.4) is 0 Å². The molecule has 4 N–H and O–H groups in total. The molecule has 0 bridgehead atoms. The van der Waals surface area contributed by atoms with E-state index in [1.807, 2.05) is 0 Å². The maximum atomic E-state index is 13.9. The Kier molecular flexibility index (Phi) is 2.42. The molecule has 1 aromatic carbocycles. The summed E-state index contributed by atoms with van der Waals surface area (Å²) in [6.45, 7) is 0. The number of hydrogen-bond donors (Lipinski definition) is 2. The van der Waals surface area contributed by atoms with E-state index in [4.69, 9.17) is 16.2 Å². The predicted molar refractivity (Wildman–Crippen MR) is 63.1 cm³/mol. The number of anilines is 1. The Morgan fingerprint density at radius 2 is 2.11 bits per heavy atom. The van der Waals surface area contributed by atoms with Crippen LogP contribution < -0.4 is 11.5 Å². The Morgan fingerprint density at radius 3 is 2.79 bits per heavy atom. The molecule has 2 aliphatic rings. The number of halogens is 3. The lowest BCUT2D eigenvalue weighted by atomic mass is 9.84. The zero-order valence-electron chi connectivity index (χ0n) is 9.82. The smallest absolute Gasteiger partial charge is 0.283 e. The van der Waals surface area contributed by atoms with E-state index in [-0.39, 0.29) is 17.3 Å². The molecule has 1 fully saturated rings. The molecule has 2 unspecified atom stereocenters. The van der Waals surface area contributed by atoms with Crippen LogP contribution in [0.25, 0.3) is 0 Å². The molecule has 4 nitrogen and oxygen atoms in total. The maximum absolute atomic E-state index is 13.9. The minimum Gasteiger partial charge on any atom is -0.462 e. The van der Waals surface area contributed by atoms with Crippen molar-refractivity contribution in [2.75, 3.05) is 5.73 Å². The summed E-state index contributed by atoms with van der Waals surface area (Å²) in [5, 5.41) is 0. The molecular formula is C12H12F3N3O. The molecule has 1 saturated carbocycles. The quantitative estimate of drug-likeness (QED) is 0.802. The number of rotatable bonds is 2. The molecule has 19 heavy (non-hydrogen) atoms. The van der Waals surface area contributed by atoms with E-state index < -0.39 is 29.8 Å². The molecule has 0 aromatic heterocycles. The van der Waals surface area contributed by atoms with Crippen molar-refractivity contribution >= 4 is 11.7 Å². The van der Waals surface area contributed by atoms with E-state index in [0.717, 1.165) is 6.07 Å². The molecule has 1 aliphatic carbocycles. The molecule has 1 aromatic rings. The van der Waals surface area contributed by atoms with Crippen molar-refractivity contribution in [3.63, 3.8) is 0 Å². The van der Waals surface area contributed by atoms with Crippen molar-refractivity contribution in [2.24, 2.45) is 16.6 Å². The molecule has 3 rings (SSSR count). The lowest BCUT2D eigenvalue weighted by Gasteiger charge is -2.33. The number of aliphatic imine (C=N–C) groups is 1. The zero-order chi connectivity index (χ0) is 13.8. The third-order valence-electron chi connectivity index (χ3n) is 3.62. The van der Waals surface area contributed by atoms with Crippen molar-refractivity contribution in [3.8, 4) is 0 Å². The molecule has 0 amide bonds. The van der Waals surface area contributed by atoms with E-state index in [9.17, 15) is 13.2 Å². The van der Waals surface area contributed by atoms with Crippen LogP contribution in [-0.2, 0) is 10.3 Å². The number of nitrogens with zero attached hydrogens (tertiary/aromatic N) is 1. The monoisotopic (exact) mass is 271 g/mol. The van der Waals surface area contributed by atoms with E-state index in [2.05, 4.69) is 4.99 Å². The highest BCUT2D eigenvalue weighted by Crippen LogP contribution is 2.56. The zero-order valence-corrected chi connectivity index (χ0v) is 9.82. The van der Waals surface area contributed by atoms with Gasteiger partial charge in [-0.3, -0.25) is 0 Å². The summed E-state index contributed by atoms with van der Waals surface area (Å²) in [4.78, 5) is 3.73. The average molecular weight is 271 g/mol. The Labute approximate surface area is 107 Å². The van der Waals surface area contributed by atoms with Gasteiger partial charge >= 0.3 is 0 Å². The minimum absolute atomic E-state index is 0.203. The molecular weight excluding hydrogens is 259 g/mol. The van der Waals surface area contributed by atoms with Crippen molar-refractivity contribution in [1.82, 2.24) is 0 Å². The van der Waals surface area contributed by atoms with Gasteiger partial charge in [0.15, 0.2) is 5.54 Å². The van der Waals surface area contributed by atoms with Crippen LogP contribution in [-0.4, -0.2) is 18.6 Å². The lowest BCUT2D eigenvalue weighted by molar-refractivity contribution is 0.0177. The van der Waals surface area contributed by atoms with Gasteiger partial charge in [-0.1, -0.05) is 0 Å². The van der Waals surface area contributed by atoms with Gasteiger partial charge in [0.1, 0.15) is 11.9 Å². The first-order valence-corrected chi connectivity index (χ1v) is 5.81. The Balaban J connectivity index is 2.21. The van der Waals surface area contributed by atoms with Gasteiger partial charge in [0.05, 0.1) is 0 Å². The number of amidine groups is 1. The van der Waals surface area contributed by atoms with Gasteiger partial charge in [-0.05, 0) is 24.6 Å². The fourth-order valence-electron chi connectivity index (χ4n) is 2.65. The number of nitrogen functional groups attached to an aromatic ring is 1. The largest absolute Gasteiger partial charge is 0.462 e. The van der Waals surface area contributed by atoms with Gasteiger partial charge in [0.25, 0.3) is 12.4 Å². The van der Waals surface area contributed by atoms with Crippen LogP contribution >= 0.6 is 0 Å². The molecule has 0 saturated heterocycles. The highest BCUT2D eigenvalue weighted by molar-refractivity contribution is 5.74. The Hall–Kier alpha value is -1.92. The minimum atomic E-state index is -2.89. The summed E-state index contributed by atoms with van der Waals surface area (Å²) in [5.74, 6) is -1.34. The number of fused-ring (bicyclic) bond motifs is 1. The summed E-state index contributed by atoms with van der Waals surface area (Å²) in [6.07, 6.45) is -2.93. The van der Waals surface area contributed by atoms with Gasteiger partial charge in [0.2, 0.25) is 0 Å². The first-order valence-electron chi connectivity index (χ1n) is 5.81. The normalized spacial score (nSPS) is 32.5. The highest BCUT2D eigenvalue weighted by Gasteiger charge is 2.64. The predicted octanol–water partition coefficient (Wildman–Crippen LogP) is 1.60. The van der Waals surface area contributed by atoms with Crippen LogP contribution in [0.1, 0.15) is 12.0 Å². The van der Waals surface area contributed by atoms with Crippen molar-refractivity contribution < 1.29 is 17.9 Å². The molecule has 0 radical (unpaired) electrons. The fourth-order valence-corrected chi connectivity index (χ4v) is 2.65. The first-order chi connectivity index (χ1) is 8.95. The second kappa shape index (κ2) is 3.79. The van der Waals surface area contributed by atoms with Gasteiger partial charge < -0.3 is 16.2 Å². The number of hydrogen-bond acceptors (Lipinski definition) is 4. The Bertz CT molecular complexity index is 563. The van der Waals surface area contributed by atoms with Crippen LogP contribution in [0.15, 0.2) is 23.2 Å². The fraction of sp³-hybridized carbons (Fsp3) is 0.417. The maximum Gasteiger partial charge on any atom is 0.283 e. The van der Waals surface area contributed by atoms with Crippen LogP contribution in [0.2, 0.25) is 0 Å². The second-order valence-electron chi connectivity index (χ2n) is 4.81. The third-order valence-corrected chi connectivity index (χ3v) is 3.62. The molecule has 7 heteroatoms. The summed E-state index contributed by atoms with van der Waals surface area (Å²) in [6, 6.07) is 3.24. The SMILES string of the molecule is NC1=N[C@@](c2cc(N)ccc2F)(C(F)F)C2CC2O1. The van der Waals surface area contributed by atoms with E-state index in [0.29, 0.717) is 6.42 Å². The second-order valence-corrected chi connectivity index (χ2v) is 4.81. The number of nitrogens with two attached hydrogens (primary N) is 2. The standard InChI is InChI=1S/C12H12F3N3O/c13-8-2-1-5(16)3-6(8)12(10(14)15)7-4-9(7)19-11(17)18-12/h1-3,7,9-10H,4,16H2,(H2,17,18)/t7?,9?,12-/m1/s1. The number of benzene rings is 1. The van der Waals surface area contributed by atoms with E-state index in [1.165, 1.54) is 12.1 Å². The van der Waals surface area contributed by atoms with Crippen LogP contribution in [0.4, 0.5) is 18.9 Å². The van der Waals surface area contributed by atoms with Crippen molar-refractivity contribution in [1.29, 1.82) is 0 Å². The van der Waals surface area contributed by atoms with Crippen molar-refractivity contribution in [2.45, 2.75) is 24.5 Å². The van der Waals surface area contributed by atoms with E-state index in [1.54, 1.807) is 0 Å². The Morgan fingerprint density at radius 1 is 1.37 bits per heavy atom. The first kappa shape index (κ1) is 12.1. The van der Waals surface area contributed by atoms with E-state index >= 15 is 0 Å². The van der Waals surface area contributed by atoms with Gasteiger partial charge in [-0.25, -0.2) is 18.2 Å². The molecule has 3 atom stereocenters.